The first-order valence-corrected chi connectivity index (χ1v) is 10.7. The molecule has 0 fully saturated rings. The SMILES string of the molecule is CCCc1cc(Oc2ccccc2)ccc1OCCCOc1cccc(OCC(=O)O)c1. The van der Waals surface area contributed by atoms with E-state index in [1.165, 1.54) is 0 Å². The van der Waals surface area contributed by atoms with Crippen LogP contribution in [0.5, 0.6) is 28.7 Å². The van der Waals surface area contributed by atoms with Crippen molar-refractivity contribution in [2.24, 2.45) is 0 Å². The van der Waals surface area contributed by atoms with Gasteiger partial charge in [-0.3, -0.25) is 0 Å². The quantitative estimate of drug-likeness (QED) is 0.344. The molecule has 3 aromatic carbocycles. The normalized spacial score (nSPS) is 10.4. The van der Waals surface area contributed by atoms with Crippen LogP contribution in [0, 0.1) is 0 Å². The molecule has 0 aliphatic heterocycles. The van der Waals surface area contributed by atoms with Crippen LogP contribution in [0.3, 0.4) is 0 Å². The Balaban J connectivity index is 1.48. The van der Waals surface area contributed by atoms with Gasteiger partial charge in [0, 0.05) is 12.5 Å². The van der Waals surface area contributed by atoms with Gasteiger partial charge in [-0.25, -0.2) is 4.79 Å². The lowest BCUT2D eigenvalue weighted by Gasteiger charge is -2.14. The molecule has 1 N–H and O–H groups in total. The fourth-order valence-electron chi connectivity index (χ4n) is 3.08. The zero-order chi connectivity index (χ0) is 22.6. The van der Waals surface area contributed by atoms with Gasteiger partial charge in [-0.2, -0.15) is 0 Å². The average Bonchev–Trinajstić information content (AvgIpc) is 2.80. The van der Waals surface area contributed by atoms with Crippen molar-refractivity contribution in [2.45, 2.75) is 26.2 Å². The summed E-state index contributed by atoms with van der Waals surface area (Å²) in [4.78, 5) is 10.6. The van der Waals surface area contributed by atoms with Crippen LogP contribution < -0.4 is 18.9 Å². The second kappa shape index (κ2) is 12.2. The van der Waals surface area contributed by atoms with Gasteiger partial charge in [-0.15, -0.1) is 0 Å². The molecule has 0 radical (unpaired) electrons. The molecule has 3 aromatic rings. The maximum absolute atomic E-state index is 10.6. The summed E-state index contributed by atoms with van der Waals surface area (Å²) >= 11 is 0. The standard InChI is InChI=1S/C26H28O6/c1-2-8-20-17-24(32-21-9-4-3-5-10-21)13-14-25(20)30-16-7-15-29-22-11-6-12-23(18-22)31-19-26(27)28/h3-6,9-14,17-18H,2,7-8,15-16,19H2,1H3,(H,27,28). The fraction of sp³-hybridized carbons (Fsp3) is 0.269. The number of hydrogen-bond acceptors (Lipinski definition) is 5. The Morgan fingerprint density at radius 3 is 2.25 bits per heavy atom. The topological polar surface area (TPSA) is 74.2 Å². The molecule has 0 saturated heterocycles. The van der Waals surface area contributed by atoms with Gasteiger partial charge in [0.25, 0.3) is 0 Å². The first-order chi connectivity index (χ1) is 15.6. The number of aliphatic carboxylic acids is 1. The number of carboxylic acid groups (broad SMARTS) is 1. The van der Waals surface area contributed by atoms with Gasteiger partial charge in [0.05, 0.1) is 13.2 Å². The fourth-order valence-corrected chi connectivity index (χ4v) is 3.08. The third-order valence-corrected chi connectivity index (χ3v) is 4.51. The molecular weight excluding hydrogens is 408 g/mol. The number of para-hydroxylation sites is 1. The minimum absolute atomic E-state index is 0.382. The largest absolute Gasteiger partial charge is 0.493 e. The van der Waals surface area contributed by atoms with Crippen molar-refractivity contribution in [3.63, 3.8) is 0 Å². The summed E-state index contributed by atoms with van der Waals surface area (Å²) in [7, 11) is 0. The van der Waals surface area contributed by atoms with E-state index in [-0.39, 0.29) is 6.61 Å². The Morgan fingerprint density at radius 1 is 0.781 bits per heavy atom. The molecule has 6 heteroatoms. The summed E-state index contributed by atoms with van der Waals surface area (Å²) in [6.07, 6.45) is 2.61. The van der Waals surface area contributed by atoms with Gasteiger partial charge >= 0.3 is 5.97 Å². The van der Waals surface area contributed by atoms with E-state index in [0.717, 1.165) is 35.7 Å². The molecule has 0 heterocycles. The highest BCUT2D eigenvalue weighted by molar-refractivity contribution is 5.68. The number of carbonyl (C=O) groups is 1. The van der Waals surface area contributed by atoms with E-state index in [1.807, 2.05) is 48.5 Å². The second-order valence-corrected chi connectivity index (χ2v) is 7.14. The van der Waals surface area contributed by atoms with Crippen LogP contribution in [0.25, 0.3) is 0 Å². The predicted molar refractivity (Wildman–Crippen MR) is 122 cm³/mol. The van der Waals surface area contributed by atoms with Crippen LogP contribution in [0.1, 0.15) is 25.3 Å². The highest BCUT2D eigenvalue weighted by Gasteiger charge is 2.07. The van der Waals surface area contributed by atoms with E-state index in [9.17, 15) is 4.79 Å². The van der Waals surface area contributed by atoms with E-state index in [1.54, 1.807) is 24.3 Å². The van der Waals surface area contributed by atoms with E-state index in [4.69, 9.17) is 24.1 Å². The zero-order valence-electron chi connectivity index (χ0n) is 18.2. The van der Waals surface area contributed by atoms with Crippen molar-refractivity contribution >= 4 is 5.97 Å². The maximum atomic E-state index is 10.6. The Morgan fingerprint density at radius 2 is 1.50 bits per heavy atom. The molecule has 168 valence electrons. The molecule has 3 rings (SSSR count). The molecule has 0 spiro atoms. The lowest BCUT2D eigenvalue weighted by molar-refractivity contribution is -0.139. The predicted octanol–water partition coefficient (Wildman–Crippen LogP) is 5.74. The summed E-state index contributed by atoms with van der Waals surface area (Å²) in [5, 5.41) is 8.70. The van der Waals surface area contributed by atoms with Crippen LogP contribution in [0.15, 0.2) is 72.8 Å². The van der Waals surface area contributed by atoms with Gasteiger partial charge < -0.3 is 24.1 Å². The number of carboxylic acids is 1. The third-order valence-electron chi connectivity index (χ3n) is 4.51. The van der Waals surface area contributed by atoms with Crippen molar-refractivity contribution in [1.29, 1.82) is 0 Å². The van der Waals surface area contributed by atoms with Gasteiger partial charge in [0.15, 0.2) is 6.61 Å². The summed E-state index contributed by atoms with van der Waals surface area (Å²) in [5.74, 6) is 2.52. The molecule has 6 nitrogen and oxygen atoms in total. The molecule has 0 unspecified atom stereocenters. The number of hydrogen-bond donors (Lipinski definition) is 1. The van der Waals surface area contributed by atoms with Crippen LogP contribution in [-0.2, 0) is 11.2 Å². The zero-order valence-corrected chi connectivity index (χ0v) is 18.2. The first kappa shape index (κ1) is 23.0. The monoisotopic (exact) mass is 436 g/mol. The van der Waals surface area contributed by atoms with Crippen molar-refractivity contribution < 1.29 is 28.8 Å². The summed E-state index contributed by atoms with van der Waals surface area (Å²) < 4.78 is 22.8. The van der Waals surface area contributed by atoms with E-state index >= 15 is 0 Å². The van der Waals surface area contributed by atoms with Gasteiger partial charge in [0.2, 0.25) is 0 Å². The van der Waals surface area contributed by atoms with Crippen molar-refractivity contribution in [3.05, 3.63) is 78.4 Å². The molecule has 0 bridgehead atoms. The molecule has 32 heavy (non-hydrogen) atoms. The number of aryl methyl sites for hydroxylation is 1. The second-order valence-electron chi connectivity index (χ2n) is 7.14. The van der Waals surface area contributed by atoms with Gasteiger partial charge in [-0.1, -0.05) is 37.6 Å². The smallest absolute Gasteiger partial charge is 0.341 e. The molecule has 0 aliphatic rings. The van der Waals surface area contributed by atoms with Crippen LogP contribution in [0.4, 0.5) is 0 Å². The van der Waals surface area contributed by atoms with E-state index in [2.05, 4.69) is 6.92 Å². The summed E-state index contributed by atoms with van der Waals surface area (Å²) in [6, 6.07) is 22.5. The Kier molecular flexibility index (Phi) is 8.80. The average molecular weight is 437 g/mol. The highest BCUT2D eigenvalue weighted by Crippen LogP contribution is 2.29. The van der Waals surface area contributed by atoms with Crippen LogP contribution in [0.2, 0.25) is 0 Å². The van der Waals surface area contributed by atoms with Crippen molar-refractivity contribution in [3.8, 4) is 28.7 Å². The van der Waals surface area contributed by atoms with Crippen molar-refractivity contribution in [1.82, 2.24) is 0 Å². The lowest BCUT2D eigenvalue weighted by Crippen LogP contribution is -2.09. The van der Waals surface area contributed by atoms with Crippen molar-refractivity contribution in [2.75, 3.05) is 19.8 Å². The van der Waals surface area contributed by atoms with Gasteiger partial charge in [-0.05, 0) is 54.4 Å². The molecule has 0 atom stereocenters. The molecule has 0 aromatic heterocycles. The van der Waals surface area contributed by atoms with E-state index < -0.39 is 5.97 Å². The lowest BCUT2D eigenvalue weighted by atomic mass is 10.1. The summed E-state index contributed by atoms with van der Waals surface area (Å²) in [6.45, 7) is 2.74. The van der Waals surface area contributed by atoms with E-state index in [0.29, 0.717) is 31.1 Å². The number of ether oxygens (including phenoxy) is 4. The van der Waals surface area contributed by atoms with Crippen LogP contribution >= 0.6 is 0 Å². The third kappa shape index (κ3) is 7.54. The Bertz CT molecular complexity index is 987. The molecule has 0 aliphatic carbocycles. The molecule has 0 saturated carbocycles. The Labute approximate surface area is 188 Å². The summed E-state index contributed by atoms with van der Waals surface area (Å²) in [5.41, 5.74) is 1.12. The highest BCUT2D eigenvalue weighted by atomic mass is 16.5. The first-order valence-electron chi connectivity index (χ1n) is 10.7. The minimum Gasteiger partial charge on any atom is -0.493 e. The molecule has 0 amide bonds. The van der Waals surface area contributed by atoms with Gasteiger partial charge in [0.1, 0.15) is 28.7 Å². The number of rotatable bonds is 13. The Hall–Kier alpha value is -3.67. The van der Waals surface area contributed by atoms with Crippen LogP contribution in [-0.4, -0.2) is 30.9 Å². The maximum Gasteiger partial charge on any atom is 0.341 e. The molecular formula is C26H28O6. The number of benzene rings is 3. The minimum atomic E-state index is -1.02.